The third-order valence-electron chi connectivity index (χ3n) is 17.4. The monoisotopic (exact) mass is 1300 g/mol. The Morgan fingerprint density at radius 2 is 1.00 bits per heavy atom. The molecule has 15 rings (SSSR count). The van der Waals surface area contributed by atoms with Gasteiger partial charge in [0.25, 0.3) is 0 Å². The normalized spacial score (nSPS) is 13.3. The van der Waals surface area contributed by atoms with Gasteiger partial charge in [0.2, 0.25) is 0 Å². The summed E-state index contributed by atoms with van der Waals surface area (Å²) in [5, 5.41) is 6.59. The standard InChI is InChI=1S/C79H65N5O.Pt/c1-49-38-74(80-47-67(49)52-32-34-53(35-33-52)77(2,3)4)83-71-44-57(36-37-60(71)65-45-66-62-28-21-27-61-59-26-17-18-29-68(59)84(76(61)62)73(66)46-72(65)83)85-58-40-54(78(5,6)7)39-56(43-58)81-48-82(70-31-20-19-30-69(70)81)75-63(50-22-13-11-14-23-50)41-55(79(8,9)10)42-64(75)51-24-15-12-16-25-51;/h11-42,45-47H,1-10H3;/q-2;/i1D3;. The molecule has 0 amide bonds. The van der Waals surface area contributed by atoms with Crippen molar-refractivity contribution in [3.8, 4) is 62.1 Å². The summed E-state index contributed by atoms with van der Waals surface area (Å²) >= 11 is 2.51. The van der Waals surface area contributed by atoms with Crippen molar-refractivity contribution in [2.45, 2.75) is 85.4 Å². The number of hydrogen-bond acceptors (Lipinski definition) is 2. The molecule has 0 spiro atoms. The fourth-order valence-corrected chi connectivity index (χ4v) is 14.0. The molecule has 0 saturated heterocycles. The van der Waals surface area contributed by atoms with Crippen LogP contribution in [0, 0.1) is 22.8 Å². The Morgan fingerprint density at radius 3 is 1.65 bits per heavy atom. The molecule has 10 aromatic carbocycles. The van der Waals surface area contributed by atoms with Crippen molar-refractivity contribution in [2.24, 2.45) is 0 Å². The first-order valence-corrected chi connectivity index (χ1v) is 30.6. The molecule has 0 aliphatic heterocycles. The molecule has 6 nitrogen and oxygen atoms in total. The van der Waals surface area contributed by atoms with E-state index in [1.807, 2.05) is 18.2 Å². The van der Waals surface area contributed by atoms with Gasteiger partial charge in [-0.05, 0) is 35.0 Å². The van der Waals surface area contributed by atoms with Gasteiger partial charge in [0, 0.05) is 37.4 Å². The summed E-state index contributed by atoms with van der Waals surface area (Å²) in [4.78, 5) is 5.20. The Balaban J connectivity index is 0.938. The second-order valence-corrected chi connectivity index (χ2v) is 27.1. The number of aryl methyl sites for hydroxylation is 1. The van der Waals surface area contributed by atoms with Crippen LogP contribution in [0.15, 0.2) is 212 Å². The molecule has 7 heteroatoms. The topological polar surface area (TPSA) is 41.3 Å². The quantitative estimate of drug-likeness (QED) is 0.142. The van der Waals surface area contributed by atoms with Crippen molar-refractivity contribution in [2.75, 3.05) is 0 Å². The number of aromatic nitrogens is 5. The van der Waals surface area contributed by atoms with Gasteiger partial charge in [-0.3, -0.25) is 0 Å². The third kappa shape index (κ3) is 8.70. The summed E-state index contributed by atoms with van der Waals surface area (Å²) in [5.74, 6) is 1.46. The van der Waals surface area contributed by atoms with Gasteiger partial charge in [-0.15, -0.1) is 0 Å². The summed E-state index contributed by atoms with van der Waals surface area (Å²) in [6.45, 7) is 17.6. The van der Waals surface area contributed by atoms with Crippen molar-refractivity contribution in [3.63, 3.8) is 0 Å². The molecular weight excluding hydrogens is 1230 g/mol. The Hall–Kier alpha value is -9.09. The van der Waals surface area contributed by atoms with Crippen molar-refractivity contribution in [3.05, 3.63) is 251 Å². The van der Waals surface area contributed by atoms with E-state index in [4.69, 9.17) is 13.8 Å². The molecule has 0 aliphatic rings. The molecule has 0 radical (unpaired) electrons. The maximum absolute atomic E-state index is 9.03. The van der Waals surface area contributed by atoms with E-state index in [1.54, 1.807) is 12.3 Å². The molecule has 15 aromatic rings. The smallest absolute Gasteiger partial charge is 0.0579 e. The van der Waals surface area contributed by atoms with Gasteiger partial charge in [-0.25, -0.2) is 0 Å². The van der Waals surface area contributed by atoms with Crippen molar-refractivity contribution >= 4 is 70.9 Å². The van der Waals surface area contributed by atoms with Crippen LogP contribution in [0.4, 0.5) is 0 Å². The summed E-state index contributed by atoms with van der Waals surface area (Å²) in [5.41, 5.74) is 18.0. The molecular formula is C79H65N5OPt-2. The Labute approximate surface area is 517 Å². The van der Waals surface area contributed by atoms with E-state index in [0.717, 1.165) is 103 Å². The van der Waals surface area contributed by atoms with Gasteiger partial charge < -0.3 is 4.40 Å². The molecule has 86 heavy (non-hydrogen) atoms. The second kappa shape index (κ2) is 19.7. The number of rotatable bonds is 8. The summed E-state index contributed by atoms with van der Waals surface area (Å²) in [6, 6.07) is 80.5. The SMILES string of the molecule is [2H]C([2H])([2H])c1cc(-n2c3[c-]c(Oc4[c-]c(-n5[c](=[Pt])n(-c6c(-c7ccccc7)cc(C(C)(C)C)cc6-c6ccccc6)c6ccccc65)cc(C(C)(C)C)c4)ccc3c3cc4c5cccc6c7ccccc7n(c4cc32)c65)ncc1-c1ccc(C(C)(C)C)cc1. The molecule has 0 aliphatic carbocycles. The molecule has 0 fully saturated rings. The van der Waals surface area contributed by atoms with Crippen LogP contribution in [0.1, 0.15) is 88.7 Å². The van der Waals surface area contributed by atoms with Gasteiger partial charge in [0.05, 0.1) is 16.6 Å². The first-order chi connectivity index (χ1) is 42.6. The van der Waals surface area contributed by atoms with E-state index in [9.17, 15) is 0 Å². The van der Waals surface area contributed by atoms with Gasteiger partial charge >= 0.3 is 346 Å². The number of pyridine rings is 1. The first-order valence-electron chi connectivity index (χ1n) is 31.0. The minimum absolute atomic E-state index is 0.0697. The molecule has 5 heterocycles. The fourth-order valence-electron chi connectivity index (χ4n) is 12.9. The predicted molar refractivity (Wildman–Crippen MR) is 354 cm³/mol. The number of imidazole rings is 1. The number of benzene rings is 10. The van der Waals surface area contributed by atoms with Crippen molar-refractivity contribution in [1.29, 1.82) is 0 Å². The molecule has 0 saturated carbocycles. The van der Waals surface area contributed by atoms with Gasteiger partial charge in [-0.1, -0.05) is 81.4 Å². The zero-order valence-electron chi connectivity index (χ0n) is 52.7. The van der Waals surface area contributed by atoms with E-state index in [-0.39, 0.29) is 21.8 Å². The minimum atomic E-state index is -2.47. The number of ether oxygens (including phenoxy) is 1. The zero-order valence-corrected chi connectivity index (χ0v) is 51.9. The number of fused-ring (bicyclic) bond motifs is 10. The van der Waals surface area contributed by atoms with Crippen LogP contribution in [0.5, 0.6) is 11.5 Å². The van der Waals surface area contributed by atoms with Gasteiger partial charge in [0.15, 0.2) is 0 Å². The fraction of sp³-hybridized carbons (Fsp3) is 0.165. The van der Waals surface area contributed by atoms with Crippen LogP contribution >= 0.6 is 0 Å². The molecule has 0 N–H and O–H groups in total. The third-order valence-corrected chi connectivity index (χ3v) is 18.4. The van der Waals surface area contributed by atoms with Crippen LogP contribution in [-0.4, -0.2) is 23.1 Å². The van der Waals surface area contributed by atoms with Crippen LogP contribution < -0.4 is 4.74 Å². The maximum atomic E-state index is 9.03. The summed E-state index contributed by atoms with van der Waals surface area (Å²) in [6.07, 6.45) is 1.73. The first kappa shape index (κ1) is 50.3. The van der Waals surface area contributed by atoms with E-state index >= 15 is 0 Å². The van der Waals surface area contributed by atoms with Crippen molar-refractivity contribution < 1.29 is 28.2 Å². The molecule has 0 atom stereocenters. The molecule has 0 unspecified atom stereocenters. The Kier molecular flexibility index (Phi) is 11.5. The summed E-state index contributed by atoms with van der Waals surface area (Å²) in [7, 11) is 0. The van der Waals surface area contributed by atoms with Gasteiger partial charge in [-0.2, -0.15) is 0 Å². The molecule has 424 valence electrons. The van der Waals surface area contributed by atoms with E-state index < -0.39 is 6.85 Å². The van der Waals surface area contributed by atoms with E-state index in [0.29, 0.717) is 28.4 Å². The Bertz CT molecular complexity index is 5340. The van der Waals surface area contributed by atoms with Gasteiger partial charge in [0.1, 0.15) is 0 Å². The average Bonchev–Trinajstić information content (AvgIpc) is 1.56. The second-order valence-electron chi connectivity index (χ2n) is 26.1. The summed E-state index contributed by atoms with van der Waals surface area (Å²) < 4.78 is 44.4. The zero-order chi connectivity index (χ0) is 61.6. The van der Waals surface area contributed by atoms with Crippen LogP contribution in [0.3, 0.4) is 0 Å². The Morgan fingerprint density at radius 1 is 0.430 bits per heavy atom. The van der Waals surface area contributed by atoms with Crippen molar-refractivity contribution in [1.82, 2.24) is 23.1 Å². The molecule has 5 aromatic heterocycles. The predicted octanol–water partition coefficient (Wildman–Crippen LogP) is 20.7. The number of nitrogens with zero attached hydrogens (tertiary/aromatic N) is 5. The minimum Gasteiger partial charge on any atom is -0.0579 e. The molecule has 0 bridgehead atoms. The van der Waals surface area contributed by atoms with Crippen LogP contribution in [-0.2, 0) is 35.6 Å². The number of para-hydroxylation sites is 4. The van der Waals surface area contributed by atoms with E-state index in [2.05, 4.69) is 294 Å². The van der Waals surface area contributed by atoms with Crippen LogP contribution in [0.2, 0.25) is 0 Å². The van der Waals surface area contributed by atoms with E-state index in [1.165, 1.54) is 21.9 Å². The van der Waals surface area contributed by atoms with Crippen LogP contribution in [0.25, 0.3) is 122 Å². The number of hydrogen-bond donors (Lipinski definition) is 0. The average molecular weight is 1300 g/mol.